The summed E-state index contributed by atoms with van der Waals surface area (Å²) in [7, 11) is -0.975. The Balaban J connectivity index is 2.71. The molecule has 102 valence electrons. The molecular formula is C15H25NOS. The number of hydrogen-bond acceptors (Lipinski definition) is 2. The minimum absolute atomic E-state index is 0.0399. The van der Waals surface area contributed by atoms with Gasteiger partial charge in [0, 0.05) is 16.7 Å². The Bertz CT molecular complexity index is 392. The zero-order valence-electron chi connectivity index (χ0n) is 11.9. The summed E-state index contributed by atoms with van der Waals surface area (Å²) in [6, 6.07) is 8.11. The summed E-state index contributed by atoms with van der Waals surface area (Å²) in [6.45, 7) is 8.63. The van der Waals surface area contributed by atoms with Crippen molar-refractivity contribution in [1.82, 2.24) is 0 Å². The summed E-state index contributed by atoms with van der Waals surface area (Å²) in [6.07, 6.45) is 1.98. The van der Waals surface area contributed by atoms with Crippen molar-refractivity contribution in [2.45, 2.75) is 56.9 Å². The van der Waals surface area contributed by atoms with Crippen molar-refractivity contribution >= 4 is 10.8 Å². The lowest BCUT2D eigenvalue weighted by atomic mass is 9.87. The predicted molar refractivity (Wildman–Crippen MR) is 79.3 cm³/mol. The Morgan fingerprint density at radius 1 is 1.22 bits per heavy atom. The fraction of sp³-hybridized carbons (Fsp3) is 0.600. The molecule has 0 saturated heterocycles. The number of benzene rings is 1. The van der Waals surface area contributed by atoms with E-state index >= 15 is 0 Å². The molecule has 0 aliphatic rings. The van der Waals surface area contributed by atoms with Crippen molar-refractivity contribution in [1.29, 1.82) is 0 Å². The van der Waals surface area contributed by atoms with Gasteiger partial charge in [0.15, 0.2) is 0 Å². The minimum Gasteiger partial charge on any atom is -0.327 e. The van der Waals surface area contributed by atoms with Crippen molar-refractivity contribution in [3.63, 3.8) is 0 Å². The van der Waals surface area contributed by atoms with Crippen LogP contribution >= 0.6 is 0 Å². The highest BCUT2D eigenvalue weighted by Crippen LogP contribution is 2.23. The van der Waals surface area contributed by atoms with Crippen LogP contribution in [0.2, 0.25) is 0 Å². The molecule has 0 aliphatic heterocycles. The quantitative estimate of drug-likeness (QED) is 0.890. The molecule has 0 radical (unpaired) electrons. The van der Waals surface area contributed by atoms with Crippen molar-refractivity contribution in [2.24, 2.45) is 5.73 Å². The maximum Gasteiger partial charge on any atom is 0.0545 e. The Hall–Kier alpha value is -0.670. The van der Waals surface area contributed by atoms with Crippen LogP contribution in [0.5, 0.6) is 0 Å². The fourth-order valence-corrected chi connectivity index (χ4v) is 3.04. The van der Waals surface area contributed by atoms with E-state index in [2.05, 4.69) is 39.8 Å². The summed E-state index contributed by atoms with van der Waals surface area (Å²) >= 11 is 0. The van der Waals surface area contributed by atoms with Crippen molar-refractivity contribution < 1.29 is 4.21 Å². The van der Waals surface area contributed by atoms with Gasteiger partial charge in [-0.3, -0.25) is 4.21 Å². The SMILES string of the molecule is CCCC(N)CS(=O)c1ccc(C(C)(C)C)cc1. The molecule has 0 saturated carbocycles. The second-order valence-corrected chi connectivity index (χ2v) is 7.33. The maximum atomic E-state index is 12.1. The van der Waals surface area contributed by atoms with Crippen LogP contribution < -0.4 is 5.73 Å². The molecule has 3 heteroatoms. The molecule has 1 aromatic rings. The number of rotatable bonds is 5. The number of hydrogen-bond donors (Lipinski definition) is 1. The summed E-state index contributed by atoms with van der Waals surface area (Å²) in [5.74, 6) is 0.558. The maximum absolute atomic E-state index is 12.1. The minimum atomic E-state index is -0.975. The Morgan fingerprint density at radius 3 is 2.22 bits per heavy atom. The lowest BCUT2D eigenvalue weighted by Gasteiger charge is -2.19. The van der Waals surface area contributed by atoms with E-state index in [1.54, 1.807) is 0 Å². The molecule has 1 aromatic carbocycles. The Kier molecular flexibility index (Phi) is 5.54. The average Bonchev–Trinajstić information content (AvgIpc) is 2.28. The second-order valence-electron chi connectivity index (χ2n) is 5.84. The van der Waals surface area contributed by atoms with Gasteiger partial charge in [0.2, 0.25) is 0 Å². The van der Waals surface area contributed by atoms with Crippen LogP contribution in [0.15, 0.2) is 29.2 Å². The van der Waals surface area contributed by atoms with E-state index in [9.17, 15) is 4.21 Å². The Labute approximate surface area is 113 Å². The molecule has 18 heavy (non-hydrogen) atoms. The van der Waals surface area contributed by atoms with Crippen LogP contribution in [0, 0.1) is 0 Å². The van der Waals surface area contributed by atoms with Crippen LogP contribution in [0.4, 0.5) is 0 Å². The predicted octanol–water partition coefficient (Wildman–Crippen LogP) is 3.22. The van der Waals surface area contributed by atoms with Gasteiger partial charge in [-0.2, -0.15) is 0 Å². The average molecular weight is 267 g/mol. The summed E-state index contributed by atoms with van der Waals surface area (Å²) < 4.78 is 12.1. The monoisotopic (exact) mass is 267 g/mol. The molecule has 2 unspecified atom stereocenters. The molecule has 0 fully saturated rings. The highest BCUT2D eigenvalue weighted by molar-refractivity contribution is 7.85. The first-order valence-corrected chi connectivity index (χ1v) is 7.91. The van der Waals surface area contributed by atoms with E-state index in [0.717, 1.165) is 17.7 Å². The highest BCUT2D eigenvalue weighted by Gasteiger charge is 2.14. The third-order valence-corrected chi connectivity index (χ3v) is 4.54. The van der Waals surface area contributed by atoms with E-state index in [1.165, 1.54) is 5.56 Å². The first kappa shape index (κ1) is 15.4. The molecule has 0 bridgehead atoms. The van der Waals surface area contributed by atoms with Crippen LogP contribution in [-0.2, 0) is 16.2 Å². The molecule has 0 aliphatic carbocycles. The molecule has 2 atom stereocenters. The van der Waals surface area contributed by atoms with Crippen molar-refractivity contribution in [3.05, 3.63) is 29.8 Å². The topological polar surface area (TPSA) is 43.1 Å². The first-order valence-electron chi connectivity index (χ1n) is 6.59. The molecule has 2 nitrogen and oxygen atoms in total. The third-order valence-electron chi connectivity index (χ3n) is 3.01. The van der Waals surface area contributed by atoms with Gasteiger partial charge >= 0.3 is 0 Å². The lowest BCUT2D eigenvalue weighted by molar-refractivity contribution is 0.589. The smallest absolute Gasteiger partial charge is 0.0545 e. The van der Waals surface area contributed by atoms with E-state index in [0.29, 0.717) is 5.75 Å². The lowest BCUT2D eigenvalue weighted by Crippen LogP contribution is -2.26. The molecule has 1 rings (SSSR count). The molecule has 2 N–H and O–H groups in total. The first-order chi connectivity index (χ1) is 8.34. The molecular weight excluding hydrogens is 242 g/mol. The third kappa shape index (κ3) is 4.54. The Morgan fingerprint density at radius 2 is 1.78 bits per heavy atom. The molecule has 0 amide bonds. The van der Waals surface area contributed by atoms with Gasteiger partial charge in [-0.15, -0.1) is 0 Å². The molecule has 0 spiro atoms. The van der Waals surface area contributed by atoms with Gasteiger partial charge in [0.25, 0.3) is 0 Å². The standard InChI is InChI=1S/C15H25NOS/c1-5-6-13(16)11-18(17)14-9-7-12(8-10-14)15(2,3)4/h7-10,13H,5-6,11,16H2,1-4H3. The van der Waals surface area contributed by atoms with Crippen LogP contribution in [0.1, 0.15) is 46.1 Å². The summed E-state index contributed by atoms with van der Waals surface area (Å²) in [4.78, 5) is 0.884. The van der Waals surface area contributed by atoms with Crippen LogP contribution in [0.25, 0.3) is 0 Å². The summed E-state index contributed by atoms with van der Waals surface area (Å²) in [5, 5.41) is 0. The largest absolute Gasteiger partial charge is 0.327 e. The van der Waals surface area contributed by atoms with Crippen LogP contribution in [-0.4, -0.2) is 16.0 Å². The van der Waals surface area contributed by atoms with Crippen LogP contribution in [0.3, 0.4) is 0 Å². The van der Waals surface area contributed by atoms with E-state index in [1.807, 2.05) is 12.1 Å². The number of nitrogens with two attached hydrogens (primary N) is 1. The van der Waals surface area contributed by atoms with E-state index in [4.69, 9.17) is 5.73 Å². The zero-order chi connectivity index (χ0) is 13.8. The normalized spacial score (nSPS) is 15.4. The van der Waals surface area contributed by atoms with Gasteiger partial charge in [0.1, 0.15) is 0 Å². The van der Waals surface area contributed by atoms with Gasteiger partial charge in [0.05, 0.1) is 10.8 Å². The second kappa shape index (κ2) is 6.48. The van der Waals surface area contributed by atoms with E-state index in [-0.39, 0.29) is 11.5 Å². The van der Waals surface area contributed by atoms with Gasteiger partial charge in [-0.1, -0.05) is 46.2 Å². The van der Waals surface area contributed by atoms with Gasteiger partial charge in [-0.25, -0.2) is 0 Å². The van der Waals surface area contributed by atoms with Gasteiger partial charge < -0.3 is 5.73 Å². The van der Waals surface area contributed by atoms with Crippen molar-refractivity contribution in [3.8, 4) is 0 Å². The fourth-order valence-electron chi connectivity index (χ4n) is 1.85. The van der Waals surface area contributed by atoms with E-state index < -0.39 is 10.8 Å². The molecule has 0 heterocycles. The molecule has 0 aromatic heterocycles. The highest BCUT2D eigenvalue weighted by atomic mass is 32.2. The zero-order valence-corrected chi connectivity index (χ0v) is 12.7. The summed E-state index contributed by atoms with van der Waals surface area (Å²) in [5.41, 5.74) is 7.33. The van der Waals surface area contributed by atoms with Gasteiger partial charge in [-0.05, 0) is 29.5 Å². The van der Waals surface area contributed by atoms with Crippen molar-refractivity contribution in [2.75, 3.05) is 5.75 Å².